The van der Waals surface area contributed by atoms with Crippen molar-refractivity contribution in [2.45, 2.75) is 39.3 Å². The summed E-state index contributed by atoms with van der Waals surface area (Å²) in [6.07, 6.45) is 0.996. The van der Waals surface area contributed by atoms with E-state index >= 15 is 0 Å². The van der Waals surface area contributed by atoms with E-state index in [0.717, 1.165) is 23.4 Å². The number of methoxy groups -OCH3 is 1. The lowest BCUT2D eigenvalue weighted by atomic mass is 9.95. The fraction of sp³-hybridized carbons (Fsp3) is 0.321. The van der Waals surface area contributed by atoms with E-state index < -0.39 is 0 Å². The third-order valence-electron chi connectivity index (χ3n) is 5.97. The molecule has 0 spiro atoms. The van der Waals surface area contributed by atoms with Crippen LogP contribution in [0.2, 0.25) is 0 Å². The zero-order chi connectivity index (χ0) is 23.1. The van der Waals surface area contributed by atoms with Crippen LogP contribution in [0.4, 0.5) is 0 Å². The smallest absolute Gasteiger partial charge is 0.188 e. The zero-order valence-corrected chi connectivity index (χ0v) is 21.0. The van der Waals surface area contributed by atoms with Crippen LogP contribution in [0, 0.1) is 13.8 Å². The van der Waals surface area contributed by atoms with E-state index in [-0.39, 0.29) is 11.9 Å². The molecule has 32 heavy (non-hydrogen) atoms. The Kier molecular flexibility index (Phi) is 8.23. The highest BCUT2D eigenvalue weighted by Crippen LogP contribution is 2.48. The van der Waals surface area contributed by atoms with E-state index in [1.807, 2.05) is 13.1 Å². The van der Waals surface area contributed by atoms with Gasteiger partial charge in [0.15, 0.2) is 6.79 Å². The number of aryl methyl sites for hydroxylation is 2. The van der Waals surface area contributed by atoms with Gasteiger partial charge in [-0.3, -0.25) is 4.99 Å². The summed E-state index contributed by atoms with van der Waals surface area (Å²) >= 11 is 0. The van der Waals surface area contributed by atoms with E-state index in [2.05, 4.69) is 88.4 Å². The average molecular weight is 448 g/mol. The number of benzene rings is 3. The molecule has 3 nitrogen and oxygen atoms in total. The molecule has 2 unspecified atom stereocenters. The number of ether oxygens (including phenoxy) is 2. The van der Waals surface area contributed by atoms with Crippen molar-refractivity contribution in [1.82, 2.24) is 0 Å². The highest BCUT2D eigenvalue weighted by atomic mass is 31.1. The van der Waals surface area contributed by atoms with Gasteiger partial charge in [0.25, 0.3) is 0 Å². The van der Waals surface area contributed by atoms with Gasteiger partial charge in [0, 0.05) is 36.0 Å². The Morgan fingerprint density at radius 1 is 1.00 bits per heavy atom. The van der Waals surface area contributed by atoms with Crippen LogP contribution in [-0.2, 0) is 9.89 Å². The topological polar surface area (TPSA) is 30.8 Å². The third-order valence-corrected chi connectivity index (χ3v) is 8.06. The van der Waals surface area contributed by atoms with Gasteiger partial charge < -0.3 is 9.47 Å². The Labute approximate surface area is 194 Å². The molecule has 3 aromatic carbocycles. The first kappa shape index (κ1) is 24.2. The van der Waals surface area contributed by atoms with Gasteiger partial charge in [-0.25, -0.2) is 0 Å². The molecule has 168 valence electrons. The van der Waals surface area contributed by atoms with Gasteiger partial charge in [-0.1, -0.05) is 88.7 Å². The number of hydrogen-bond acceptors (Lipinski definition) is 3. The minimum absolute atomic E-state index is 0.0779. The van der Waals surface area contributed by atoms with Crippen LogP contribution in [0.15, 0.2) is 71.7 Å². The number of hydrogen-bond donors (Lipinski definition) is 0. The van der Waals surface area contributed by atoms with Crippen molar-refractivity contribution in [3.8, 4) is 5.75 Å². The fourth-order valence-electron chi connectivity index (χ4n) is 3.98. The van der Waals surface area contributed by atoms with Crippen LogP contribution in [0.1, 0.15) is 48.1 Å². The summed E-state index contributed by atoms with van der Waals surface area (Å²) in [5.74, 6) is 0.900. The standard InChI is InChI=1S/C28H34NO2P/c1-7-28(4,24-18-20(2)16-17-25(24)31-19-30-6)32-27-21(3)12-11-15-23(27)26(29-5)22-13-9-8-10-14-22/h8-18,32H,7,19H2,1-6H3. The first-order valence-electron chi connectivity index (χ1n) is 11.1. The first-order valence-corrected chi connectivity index (χ1v) is 12.1. The van der Waals surface area contributed by atoms with Crippen LogP contribution < -0.4 is 10.0 Å². The predicted molar refractivity (Wildman–Crippen MR) is 138 cm³/mol. The van der Waals surface area contributed by atoms with Gasteiger partial charge in [-0.2, -0.15) is 0 Å². The maximum atomic E-state index is 5.98. The summed E-state index contributed by atoms with van der Waals surface area (Å²) in [5.41, 5.74) is 7.16. The van der Waals surface area contributed by atoms with Gasteiger partial charge in [0.05, 0.1) is 5.71 Å². The maximum Gasteiger partial charge on any atom is 0.188 e. The lowest BCUT2D eigenvalue weighted by Gasteiger charge is -2.33. The van der Waals surface area contributed by atoms with Crippen molar-refractivity contribution in [2.75, 3.05) is 21.0 Å². The Balaban J connectivity index is 2.11. The lowest BCUT2D eigenvalue weighted by molar-refractivity contribution is 0.0500. The Morgan fingerprint density at radius 3 is 2.41 bits per heavy atom. The van der Waals surface area contributed by atoms with E-state index in [4.69, 9.17) is 14.5 Å². The molecule has 0 saturated heterocycles. The molecule has 0 aromatic heterocycles. The second kappa shape index (κ2) is 10.9. The Bertz CT molecular complexity index is 1080. The fourth-order valence-corrected chi connectivity index (χ4v) is 5.65. The van der Waals surface area contributed by atoms with E-state index in [9.17, 15) is 0 Å². The normalized spacial score (nSPS) is 14.0. The number of aliphatic imine (C=N–C) groups is 1. The summed E-state index contributed by atoms with van der Waals surface area (Å²) in [4.78, 5) is 4.71. The van der Waals surface area contributed by atoms with Crippen LogP contribution >= 0.6 is 8.58 Å². The van der Waals surface area contributed by atoms with Crippen LogP contribution in [0.25, 0.3) is 0 Å². The molecule has 0 N–H and O–H groups in total. The number of rotatable bonds is 9. The SMILES string of the molecule is CCC(C)(Pc1c(C)cccc1C(=NC)c1ccccc1)c1cc(C)ccc1OCOC. The summed E-state index contributed by atoms with van der Waals surface area (Å²) < 4.78 is 11.2. The minimum atomic E-state index is -0.0779. The second-order valence-corrected chi connectivity index (χ2v) is 10.2. The highest BCUT2D eigenvalue weighted by molar-refractivity contribution is 7.49. The molecule has 0 radical (unpaired) electrons. The Hall–Kier alpha value is -2.48. The average Bonchev–Trinajstić information content (AvgIpc) is 2.81. The first-order chi connectivity index (χ1) is 15.4. The molecule has 3 rings (SSSR count). The molecule has 0 heterocycles. The summed E-state index contributed by atoms with van der Waals surface area (Å²) in [7, 11) is 4.10. The molecule has 0 fully saturated rings. The molecule has 0 aliphatic rings. The van der Waals surface area contributed by atoms with Gasteiger partial charge in [0.2, 0.25) is 0 Å². The molecule has 4 heteroatoms. The minimum Gasteiger partial charge on any atom is -0.467 e. The van der Waals surface area contributed by atoms with Gasteiger partial charge in [0.1, 0.15) is 5.75 Å². The van der Waals surface area contributed by atoms with Gasteiger partial charge in [-0.05, 0) is 37.2 Å². The molecular weight excluding hydrogens is 413 g/mol. The number of nitrogens with zero attached hydrogens (tertiary/aromatic N) is 1. The summed E-state index contributed by atoms with van der Waals surface area (Å²) in [6, 6.07) is 23.4. The molecule has 3 aromatic rings. The predicted octanol–water partition coefficient (Wildman–Crippen LogP) is 6.38. The van der Waals surface area contributed by atoms with Crippen LogP contribution in [-0.4, -0.2) is 26.7 Å². The van der Waals surface area contributed by atoms with Crippen molar-refractivity contribution in [3.05, 3.63) is 94.5 Å². The van der Waals surface area contributed by atoms with Crippen molar-refractivity contribution in [2.24, 2.45) is 4.99 Å². The van der Waals surface area contributed by atoms with Crippen molar-refractivity contribution < 1.29 is 9.47 Å². The van der Waals surface area contributed by atoms with Crippen molar-refractivity contribution >= 4 is 19.6 Å². The molecule has 0 aliphatic carbocycles. The zero-order valence-electron chi connectivity index (χ0n) is 20.0. The van der Waals surface area contributed by atoms with Crippen LogP contribution in [0.3, 0.4) is 0 Å². The molecule has 0 aliphatic heterocycles. The van der Waals surface area contributed by atoms with E-state index in [0.29, 0.717) is 8.58 Å². The summed E-state index contributed by atoms with van der Waals surface area (Å²) in [6.45, 7) is 9.20. The molecule has 0 amide bonds. The quantitative estimate of drug-likeness (QED) is 0.216. The monoisotopic (exact) mass is 447 g/mol. The molecule has 0 saturated carbocycles. The second-order valence-electron chi connectivity index (χ2n) is 8.30. The van der Waals surface area contributed by atoms with E-state index in [1.165, 1.54) is 27.6 Å². The maximum absolute atomic E-state index is 5.98. The van der Waals surface area contributed by atoms with E-state index in [1.54, 1.807) is 7.11 Å². The highest BCUT2D eigenvalue weighted by Gasteiger charge is 2.31. The third kappa shape index (κ3) is 5.28. The van der Waals surface area contributed by atoms with Crippen molar-refractivity contribution in [1.29, 1.82) is 0 Å². The lowest BCUT2D eigenvalue weighted by Crippen LogP contribution is -2.24. The van der Waals surface area contributed by atoms with Gasteiger partial charge in [-0.15, -0.1) is 0 Å². The Morgan fingerprint density at radius 2 is 1.75 bits per heavy atom. The molecule has 2 atom stereocenters. The van der Waals surface area contributed by atoms with Crippen molar-refractivity contribution in [3.63, 3.8) is 0 Å². The summed E-state index contributed by atoms with van der Waals surface area (Å²) in [5, 5.41) is 1.28. The molecule has 0 bridgehead atoms. The largest absolute Gasteiger partial charge is 0.467 e. The molecular formula is C28H34NO2P. The van der Waals surface area contributed by atoms with Gasteiger partial charge >= 0.3 is 0 Å². The van der Waals surface area contributed by atoms with Crippen LogP contribution in [0.5, 0.6) is 5.75 Å².